The molecule has 0 aromatic heterocycles. The van der Waals surface area contributed by atoms with Crippen molar-refractivity contribution in [3.05, 3.63) is 124 Å². The molecule has 8 N–H and O–H groups in total. The van der Waals surface area contributed by atoms with Gasteiger partial charge in [-0.3, -0.25) is 24.0 Å². The van der Waals surface area contributed by atoms with Gasteiger partial charge in [-0.2, -0.15) is 0 Å². The third-order valence-electron chi connectivity index (χ3n) is 13.6. The van der Waals surface area contributed by atoms with Crippen LogP contribution in [0.3, 0.4) is 0 Å². The molecule has 2 heterocycles. The molecule has 8 rings (SSSR count). The van der Waals surface area contributed by atoms with E-state index in [9.17, 15) is 43.8 Å². The Balaban J connectivity index is 0.806. The monoisotopic (exact) mass is 1050 g/mol. The van der Waals surface area contributed by atoms with Gasteiger partial charge in [0.15, 0.2) is 16.3 Å². The molecule has 0 saturated heterocycles. The van der Waals surface area contributed by atoms with Crippen molar-refractivity contribution < 1.29 is 43.4 Å². The number of aromatic carboxylic acids is 1. The molecule has 18 nitrogen and oxygen atoms in total. The lowest BCUT2D eigenvalue weighted by Gasteiger charge is -2.37. The number of para-hydroxylation sites is 2. The van der Waals surface area contributed by atoms with Gasteiger partial charge < -0.3 is 56.3 Å². The smallest absolute Gasteiger partial charge is 0.336 e. The van der Waals surface area contributed by atoms with Crippen molar-refractivity contribution in [1.29, 1.82) is 0 Å². The van der Waals surface area contributed by atoms with Crippen LogP contribution in [0.1, 0.15) is 93.4 Å². The van der Waals surface area contributed by atoms with Crippen LogP contribution in [-0.4, -0.2) is 95.1 Å². The maximum Gasteiger partial charge on any atom is 0.336 e. The summed E-state index contributed by atoms with van der Waals surface area (Å²) in [7, 11) is 0. The first-order valence-corrected chi connectivity index (χ1v) is 25.8. The highest BCUT2D eigenvalue weighted by atomic mass is 32.1. The fourth-order valence-electron chi connectivity index (χ4n) is 9.60. The second-order valence-electron chi connectivity index (χ2n) is 20.3. The summed E-state index contributed by atoms with van der Waals surface area (Å²) < 4.78 is 5.91. The zero-order chi connectivity index (χ0) is 54.3. The van der Waals surface area contributed by atoms with Crippen molar-refractivity contribution in [1.82, 2.24) is 21.3 Å². The Morgan fingerprint density at radius 1 is 0.803 bits per heavy atom. The summed E-state index contributed by atoms with van der Waals surface area (Å²) in [6.07, 6.45) is 5.60. The number of rotatable bonds is 16. The topological polar surface area (TPSA) is 252 Å². The molecule has 0 bridgehead atoms. The number of carbonyl (C=O) groups excluding carboxylic acids is 5. The lowest BCUT2D eigenvalue weighted by Crippen LogP contribution is -2.55. The maximum atomic E-state index is 14.4. The van der Waals surface area contributed by atoms with Crippen LogP contribution in [0, 0.1) is 5.41 Å². The summed E-state index contributed by atoms with van der Waals surface area (Å²) in [6, 6.07) is 25.6. The van der Waals surface area contributed by atoms with Crippen LogP contribution in [0.4, 0.5) is 27.5 Å². The molecule has 1 fully saturated rings. The molecule has 0 spiro atoms. The largest absolute Gasteiger partial charge is 0.508 e. The lowest BCUT2D eigenvalue weighted by molar-refractivity contribution is -0.127. The number of Topliss-reactive ketones (excluding diaryl/α,β-unsaturated/α-hetero) is 1. The highest BCUT2D eigenvalue weighted by Gasteiger charge is 2.39. The average Bonchev–Trinajstić information content (AvgIpc) is 3.61. The van der Waals surface area contributed by atoms with Crippen LogP contribution in [0.25, 0.3) is 33.4 Å². The number of carbonyl (C=O) groups is 6. The first-order chi connectivity index (χ1) is 36.3. The van der Waals surface area contributed by atoms with E-state index in [1.54, 1.807) is 49.4 Å². The van der Waals surface area contributed by atoms with Gasteiger partial charge in [-0.05, 0) is 111 Å². The van der Waals surface area contributed by atoms with Gasteiger partial charge in [0, 0.05) is 89.1 Å². The fourth-order valence-corrected chi connectivity index (χ4v) is 9.82. The number of nitrogens with one attached hydrogen (secondary N) is 6. The Labute approximate surface area is 444 Å². The third-order valence-corrected chi connectivity index (χ3v) is 13.9. The number of ketones is 1. The minimum Gasteiger partial charge on any atom is -0.508 e. The number of carboxylic acid groups (broad SMARTS) is 1. The number of benzene rings is 5. The van der Waals surface area contributed by atoms with Gasteiger partial charge in [-0.15, -0.1) is 0 Å². The number of aromatic hydroxyl groups is 1. The fraction of sp³-hybridized carbons (Fsp3) is 0.333. The molecule has 396 valence electrons. The minimum absolute atomic E-state index is 0.0536. The van der Waals surface area contributed by atoms with E-state index in [1.807, 2.05) is 45.0 Å². The molecule has 19 heteroatoms. The molecule has 2 atom stereocenters. The second-order valence-corrected chi connectivity index (χ2v) is 20.7. The van der Waals surface area contributed by atoms with E-state index >= 15 is 0 Å². The molecule has 76 heavy (non-hydrogen) atoms. The van der Waals surface area contributed by atoms with E-state index in [1.165, 1.54) is 41.3 Å². The molecule has 4 aromatic carbocycles. The van der Waals surface area contributed by atoms with Gasteiger partial charge in [-0.25, -0.2) is 9.59 Å². The highest BCUT2D eigenvalue weighted by molar-refractivity contribution is 7.80. The van der Waals surface area contributed by atoms with Gasteiger partial charge in [0.05, 0.1) is 23.5 Å². The van der Waals surface area contributed by atoms with Gasteiger partial charge >= 0.3 is 12.0 Å². The van der Waals surface area contributed by atoms with E-state index in [0.29, 0.717) is 45.6 Å². The van der Waals surface area contributed by atoms with Crippen LogP contribution in [-0.2, 0) is 14.4 Å². The first-order valence-electron chi connectivity index (χ1n) is 25.4. The number of hydrogen-bond donors (Lipinski definition) is 8. The van der Waals surface area contributed by atoms with Crippen molar-refractivity contribution in [2.24, 2.45) is 5.41 Å². The predicted molar refractivity (Wildman–Crippen MR) is 296 cm³/mol. The Bertz CT molecular complexity index is 3240. The van der Waals surface area contributed by atoms with Crippen LogP contribution < -0.4 is 47.1 Å². The van der Waals surface area contributed by atoms with E-state index in [-0.39, 0.29) is 95.0 Å². The average molecular weight is 1050 g/mol. The summed E-state index contributed by atoms with van der Waals surface area (Å²) in [5, 5.41) is 38.5. The number of anilines is 4. The number of amides is 5. The number of phenolic OH excluding ortho intramolecular Hbond substituents is 1. The van der Waals surface area contributed by atoms with Crippen LogP contribution in [0.15, 0.2) is 112 Å². The number of thiocarbonyl (C=S) groups is 1. The Hall–Kier alpha value is -8.32. The number of carboxylic acids is 1. The Morgan fingerprint density at radius 3 is 2.28 bits per heavy atom. The molecule has 5 amide bonds. The number of phenols is 1. The molecule has 1 saturated carbocycles. The number of fused-ring (bicyclic) bond motifs is 3. The zero-order valence-electron chi connectivity index (χ0n) is 42.8. The molecule has 4 aromatic rings. The van der Waals surface area contributed by atoms with Gasteiger partial charge in [0.1, 0.15) is 23.1 Å². The van der Waals surface area contributed by atoms with Crippen LogP contribution in [0.2, 0.25) is 0 Å². The van der Waals surface area contributed by atoms with Gasteiger partial charge in [0.25, 0.3) is 11.8 Å². The van der Waals surface area contributed by atoms with Gasteiger partial charge in [0.2, 0.25) is 5.91 Å². The summed E-state index contributed by atoms with van der Waals surface area (Å²) >= 11 is 5.46. The van der Waals surface area contributed by atoms with Crippen LogP contribution in [0.5, 0.6) is 5.75 Å². The lowest BCUT2D eigenvalue weighted by atomic mass is 9.90. The van der Waals surface area contributed by atoms with Gasteiger partial charge in [-0.1, -0.05) is 64.3 Å². The molecule has 2 aliphatic heterocycles. The maximum absolute atomic E-state index is 14.4. The molecular formula is C57H62N8O10S. The van der Waals surface area contributed by atoms with E-state index in [2.05, 4.69) is 36.8 Å². The van der Waals surface area contributed by atoms with Crippen molar-refractivity contribution >= 4 is 86.6 Å². The quantitative estimate of drug-likeness (QED) is 0.0258. The number of hydrogen-bond acceptors (Lipinski definition) is 11. The Kier molecular flexibility index (Phi) is 16.7. The van der Waals surface area contributed by atoms with E-state index < -0.39 is 35.4 Å². The summed E-state index contributed by atoms with van der Waals surface area (Å²) in [5.74, 6) is -2.21. The Morgan fingerprint density at radius 2 is 1.53 bits per heavy atom. The minimum atomic E-state index is -1.21. The predicted octanol–water partition coefficient (Wildman–Crippen LogP) is 8.26. The van der Waals surface area contributed by atoms with Crippen LogP contribution >= 0.6 is 12.2 Å². The van der Waals surface area contributed by atoms with Crippen molar-refractivity contribution in [2.75, 3.05) is 46.6 Å². The SMILES string of the molecule is C[C@H](CCC(=O)NCCNC(=S)Nc1ccc(-c2c3ccc(=O)cc-3oc3cc(O)ccc23)c(C(=O)O)c1)NC(=O)c1cccc(NC(=O)N[C@@H]2CN(C3CCCCC3)c3ccccc3N(CC(=O)C(C)(C)C)C2=O)c1. The molecule has 0 unspecified atom stereocenters. The molecule has 2 aliphatic carbocycles. The first kappa shape index (κ1) is 54.0. The molecule has 4 aliphatic rings. The van der Waals surface area contributed by atoms with E-state index in [0.717, 1.165) is 37.8 Å². The molecular weight excluding hydrogens is 989 g/mol. The highest BCUT2D eigenvalue weighted by Crippen LogP contribution is 2.43. The van der Waals surface area contributed by atoms with Crippen molar-refractivity contribution in [2.45, 2.75) is 90.8 Å². The normalized spacial score (nSPS) is 15.3. The van der Waals surface area contributed by atoms with Crippen molar-refractivity contribution in [3.8, 4) is 28.2 Å². The third kappa shape index (κ3) is 12.9. The van der Waals surface area contributed by atoms with Crippen molar-refractivity contribution in [3.63, 3.8) is 0 Å². The molecule has 0 radical (unpaired) electrons. The zero-order valence-corrected chi connectivity index (χ0v) is 43.6. The number of urea groups is 1. The van der Waals surface area contributed by atoms with E-state index in [4.69, 9.17) is 16.6 Å². The summed E-state index contributed by atoms with van der Waals surface area (Å²) in [4.78, 5) is 96.2. The number of nitrogens with zero attached hydrogens (tertiary/aromatic N) is 2. The standard InChI is InChI=1S/C57H62N8O10S/c1-33(17-24-50(69)58-25-26-59-56(76)62-36-18-21-40(43(28-36)54(72)73)51-41-22-19-38(66)29-47(41)75-48-30-39(67)20-23-42(48)51)60-52(70)34-11-10-12-35(27-34)61-55(74)63-44-31-64(37-13-6-5-7-14-37)45-15-8-9-16-46(45)65(53(44)71)32-49(68)57(2,3)4/h8-12,15-16,18-23,27-30,33,37,44,66H,5-7,13-14,17,24-26,31-32H2,1-4H3,(H,58,69)(H,60,70)(H,72,73)(H2,59,62,76)(H2,61,63,74)/t33-,44-/m1/s1. The summed E-state index contributed by atoms with van der Waals surface area (Å²) in [6.45, 7) is 7.77. The summed E-state index contributed by atoms with van der Waals surface area (Å²) in [5.41, 5.74) is 3.07. The second kappa shape index (κ2) is 23.5.